The zero-order chi connectivity index (χ0) is 9.31. The van der Waals surface area contributed by atoms with E-state index in [-0.39, 0.29) is 12.0 Å². The maximum atomic E-state index is 9.32. The van der Waals surface area contributed by atoms with Gasteiger partial charge in [-0.3, -0.25) is 0 Å². The van der Waals surface area contributed by atoms with Crippen LogP contribution in [0.4, 0.5) is 0 Å². The number of fused-ring (bicyclic) bond motifs is 1. The molecular weight excluding hydrogens is 164 g/mol. The SMILES string of the molecule is CC1(CO)COCc2ccccc21. The van der Waals surface area contributed by atoms with Crippen molar-refractivity contribution in [2.45, 2.75) is 18.9 Å². The molecule has 1 aromatic carbocycles. The molecule has 1 heterocycles. The highest BCUT2D eigenvalue weighted by Crippen LogP contribution is 2.31. The molecule has 1 atom stereocenters. The third kappa shape index (κ3) is 1.36. The Labute approximate surface area is 78.2 Å². The molecule has 0 fully saturated rings. The second kappa shape index (κ2) is 3.13. The summed E-state index contributed by atoms with van der Waals surface area (Å²) in [7, 11) is 0. The van der Waals surface area contributed by atoms with Crippen LogP contribution in [0.5, 0.6) is 0 Å². The molecule has 1 aliphatic heterocycles. The Kier molecular flexibility index (Phi) is 2.10. The van der Waals surface area contributed by atoms with Crippen LogP contribution in [0, 0.1) is 0 Å². The van der Waals surface area contributed by atoms with Gasteiger partial charge in [0, 0.05) is 5.41 Å². The topological polar surface area (TPSA) is 29.5 Å². The monoisotopic (exact) mass is 178 g/mol. The van der Waals surface area contributed by atoms with Crippen LogP contribution in [0.15, 0.2) is 24.3 Å². The van der Waals surface area contributed by atoms with Gasteiger partial charge in [0.15, 0.2) is 0 Å². The molecule has 70 valence electrons. The molecule has 1 N–H and O–H groups in total. The van der Waals surface area contributed by atoms with E-state index >= 15 is 0 Å². The first-order valence-electron chi connectivity index (χ1n) is 4.53. The van der Waals surface area contributed by atoms with Crippen LogP contribution < -0.4 is 0 Å². The Morgan fingerprint density at radius 1 is 1.46 bits per heavy atom. The maximum absolute atomic E-state index is 9.32. The summed E-state index contributed by atoms with van der Waals surface area (Å²) in [6.45, 7) is 3.46. The lowest BCUT2D eigenvalue weighted by Gasteiger charge is -2.33. The van der Waals surface area contributed by atoms with Gasteiger partial charge in [-0.2, -0.15) is 0 Å². The zero-order valence-electron chi connectivity index (χ0n) is 7.79. The standard InChI is InChI=1S/C11H14O2/c1-11(7-12)8-13-6-9-4-2-3-5-10(9)11/h2-5,12H,6-8H2,1H3. The summed E-state index contributed by atoms with van der Waals surface area (Å²) in [5.41, 5.74) is 2.21. The Morgan fingerprint density at radius 3 is 3.00 bits per heavy atom. The molecule has 2 rings (SSSR count). The molecule has 1 aliphatic rings. The highest BCUT2D eigenvalue weighted by molar-refractivity contribution is 5.35. The van der Waals surface area contributed by atoms with Gasteiger partial charge >= 0.3 is 0 Å². The minimum Gasteiger partial charge on any atom is -0.395 e. The second-order valence-corrected chi connectivity index (χ2v) is 3.87. The lowest BCUT2D eigenvalue weighted by molar-refractivity contribution is 0.0318. The average Bonchev–Trinajstić information content (AvgIpc) is 2.19. The smallest absolute Gasteiger partial charge is 0.0720 e. The van der Waals surface area contributed by atoms with Crippen molar-refractivity contribution in [1.29, 1.82) is 0 Å². The molecule has 0 radical (unpaired) electrons. The highest BCUT2D eigenvalue weighted by atomic mass is 16.5. The van der Waals surface area contributed by atoms with Crippen molar-refractivity contribution in [3.05, 3.63) is 35.4 Å². The first-order chi connectivity index (χ1) is 6.26. The summed E-state index contributed by atoms with van der Waals surface area (Å²) in [6, 6.07) is 8.15. The van der Waals surface area contributed by atoms with E-state index in [1.165, 1.54) is 11.1 Å². The van der Waals surface area contributed by atoms with E-state index in [1.807, 2.05) is 19.1 Å². The lowest BCUT2D eigenvalue weighted by Crippen LogP contribution is -2.36. The molecule has 0 amide bonds. The number of aliphatic hydroxyl groups excluding tert-OH is 1. The Balaban J connectivity index is 2.48. The van der Waals surface area contributed by atoms with Crippen LogP contribution in [0.25, 0.3) is 0 Å². The second-order valence-electron chi connectivity index (χ2n) is 3.87. The minimum absolute atomic E-state index is 0.143. The van der Waals surface area contributed by atoms with Gasteiger partial charge in [-0.05, 0) is 11.1 Å². The van der Waals surface area contributed by atoms with Crippen molar-refractivity contribution in [3.63, 3.8) is 0 Å². The largest absolute Gasteiger partial charge is 0.395 e. The fourth-order valence-electron chi connectivity index (χ4n) is 1.83. The summed E-state index contributed by atoms with van der Waals surface area (Å²) >= 11 is 0. The van der Waals surface area contributed by atoms with Crippen LogP contribution in [0.3, 0.4) is 0 Å². The van der Waals surface area contributed by atoms with E-state index in [0.717, 1.165) is 0 Å². The van der Waals surface area contributed by atoms with Crippen molar-refractivity contribution in [3.8, 4) is 0 Å². The Hall–Kier alpha value is -0.860. The third-order valence-electron chi connectivity index (χ3n) is 2.69. The Morgan fingerprint density at radius 2 is 2.23 bits per heavy atom. The maximum Gasteiger partial charge on any atom is 0.0720 e. The van der Waals surface area contributed by atoms with Gasteiger partial charge in [-0.15, -0.1) is 0 Å². The van der Waals surface area contributed by atoms with Gasteiger partial charge in [0.2, 0.25) is 0 Å². The van der Waals surface area contributed by atoms with Crippen LogP contribution in [0.2, 0.25) is 0 Å². The molecule has 1 aromatic rings. The number of ether oxygens (including phenoxy) is 1. The van der Waals surface area contributed by atoms with Crippen molar-refractivity contribution >= 4 is 0 Å². The molecule has 1 unspecified atom stereocenters. The summed E-state index contributed by atoms with van der Waals surface area (Å²) < 4.78 is 5.44. The molecular formula is C11H14O2. The quantitative estimate of drug-likeness (QED) is 0.705. The predicted molar refractivity (Wildman–Crippen MR) is 50.5 cm³/mol. The lowest BCUT2D eigenvalue weighted by atomic mass is 9.80. The number of rotatable bonds is 1. The molecule has 0 saturated carbocycles. The molecule has 0 saturated heterocycles. The predicted octanol–water partition coefficient (Wildman–Crippen LogP) is 1.47. The first-order valence-corrected chi connectivity index (χ1v) is 4.53. The van der Waals surface area contributed by atoms with Crippen molar-refractivity contribution in [2.24, 2.45) is 0 Å². The number of aliphatic hydroxyl groups is 1. The van der Waals surface area contributed by atoms with Gasteiger partial charge < -0.3 is 9.84 Å². The van der Waals surface area contributed by atoms with Gasteiger partial charge in [0.05, 0.1) is 19.8 Å². The molecule has 2 nitrogen and oxygen atoms in total. The van der Waals surface area contributed by atoms with E-state index in [9.17, 15) is 5.11 Å². The van der Waals surface area contributed by atoms with Gasteiger partial charge in [0.1, 0.15) is 0 Å². The van der Waals surface area contributed by atoms with Crippen molar-refractivity contribution in [1.82, 2.24) is 0 Å². The van der Waals surface area contributed by atoms with E-state index in [1.54, 1.807) is 0 Å². The number of benzene rings is 1. The van der Waals surface area contributed by atoms with E-state index < -0.39 is 0 Å². The van der Waals surface area contributed by atoms with E-state index in [2.05, 4.69) is 12.1 Å². The highest BCUT2D eigenvalue weighted by Gasteiger charge is 2.31. The fraction of sp³-hybridized carbons (Fsp3) is 0.455. The summed E-state index contributed by atoms with van der Waals surface area (Å²) in [5, 5.41) is 9.32. The normalized spacial score (nSPS) is 26.9. The molecule has 0 aromatic heterocycles. The number of hydrogen-bond acceptors (Lipinski definition) is 2. The van der Waals surface area contributed by atoms with Gasteiger partial charge in [-0.1, -0.05) is 31.2 Å². The molecule has 0 aliphatic carbocycles. The molecule has 2 heteroatoms. The van der Waals surface area contributed by atoms with Crippen LogP contribution in [-0.2, 0) is 16.8 Å². The number of hydrogen-bond donors (Lipinski definition) is 1. The van der Waals surface area contributed by atoms with Crippen molar-refractivity contribution in [2.75, 3.05) is 13.2 Å². The molecule has 0 bridgehead atoms. The van der Waals surface area contributed by atoms with Crippen LogP contribution in [-0.4, -0.2) is 18.3 Å². The molecule has 0 spiro atoms. The van der Waals surface area contributed by atoms with Crippen molar-refractivity contribution < 1.29 is 9.84 Å². The van der Waals surface area contributed by atoms with Crippen LogP contribution in [0.1, 0.15) is 18.1 Å². The first kappa shape index (κ1) is 8.73. The summed E-state index contributed by atoms with van der Waals surface area (Å²) in [5.74, 6) is 0. The van der Waals surface area contributed by atoms with Crippen LogP contribution >= 0.6 is 0 Å². The third-order valence-corrected chi connectivity index (χ3v) is 2.69. The van der Waals surface area contributed by atoms with Gasteiger partial charge in [0.25, 0.3) is 0 Å². The van der Waals surface area contributed by atoms with Gasteiger partial charge in [-0.25, -0.2) is 0 Å². The summed E-state index contributed by atoms with van der Waals surface area (Å²) in [6.07, 6.45) is 0. The molecule has 13 heavy (non-hydrogen) atoms. The van der Waals surface area contributed by atoms with E-state index in [0.29, 0.717) is 13.2 Å². The Bertz CT molecular complexity index is 309. The fourth-order valence-corrected chi connectivity index (χ4v) is 1.83. The average molecular weight is 178 g/mol. The van der Waals surface area contributed by atoms with E-state index in [4.69, 9.17) is 4.74 Å². The summed E-state index contributed by atoms with van der Waals surface area (Å²) in [4.78, 5) is 0. The minimum atomic E-state index is -0.213. The zero-order valence-corrected chi connectivity index (χ0v) is 7.79.